The topological polar surface area (TPSA) is 12.0 Å². The van der Waals surface area contributed by atoms with Crippen LogP contribution in [0.2, 0.25) is 0 Å². The fourth-order valence-electron chi connectivity index (χ4n) is 2.71. The molecule has 3 rings (SSSR count). The quantitative estimate of drug-likeness (QED) is 0.663. The van der Waals surface area contributed by atoms with Crippen molar-refractivity contribution in [2.45, 2.75) is 19.4 Å². The Balaban J connectivity index is 1.88. The normalized spacial score (nSPS) is 11.9. The minimum atomic E-state index is 0.268. The van der Waals surface area contributed by atoms with Gasteiger partial charge >= 0.3 is 0 Å². The lowest BCUT2D eigenvalue weighted by Crippen LogP contribution is -2.14. The first kappa shape index (κ1) is 14.4. The molecule has 1 heteroatoms. The Hall–Kier alpha value is -2.54. The van der Waals surface area contributed by atoms with Gasteiger partial charge < -0.3 is 5.32 Å². The second-order valence-electron chi connectivity index (χ2n) is 5.61. The fraction of sp³-hybridized carbons (Fsp3) is 0.143. The molecular weight excluding hydrogens is 266 g/mol. The van der Waals surface area contributed by atoms with E-state index in [0.717, 1.165) is 6.42 Å². The number of hydrogen-bond donors (Lipinski definition) is 1. The molecule has 1 nitrogen and oxygen atoms in total. The zero-order chi connectivity index (χ0) is 15.2. The van der Waals surface area contributed by atoms with Gasteiger partial charge in [-0.25, -0.2) is 0 Å². The van der Waals surface area contributed by atoms with Crippen molar-refractivity contribution >= 4 is 5.69 Å². The summed E-state index contributed by atoms with van der Waals surface area (Å²) in [5.74, 6) is 0. The third-order valence-electron chi connectivity index (χ3n) is 3.96. The molecule has 0 bridgehead atoms. The van der Waals surface area contributed by atoms with Gasteiger partial charge in [-0.1, -0.05) is 78.9 Å². The summed E-state index contributed by atoms with van der Waals surface area (Å²) in [4.78, 5) is 0. The number of hydrogen-bond acceptors (Lipinski definition) is 1. The van der Waals surface area contributed by atoms with Gasteiger partial charge in [-0.15, -0.1) is 0 Å². The second kappa shape index (κ2) is 6.95. The first-order chi connectivity index (χ1) is 10.8. The molecule has 3 aromatic rings. The standard InChI is InChI=1S/C21H21N/c1-17-10-8-9-15-20(17)22-21(19-13-6-3-7-14-19)16-18-11-4-2-5-12-18/h2-15,21-22H,16H2,1H3. The third kappa shape index (κ3) is 3.56. The summed E-state index contributed by atoms with van der Waals surface area (Å²) >= 11 is 0. The van der Waals surface area contributed by atoms with Gasteiger partial charge in [0.2, 0.25) is 0 Å². The summed E-state index contributed by atoms with van der Waals surface area (Å²) in [5, 5.41) is 3.71. The van der Waals surface area contributed by atoms with E-state index in [1.54, 1.807) is 0 Å². The molecule has 0 radical (unpaired) electrons. The van der Waals surface area contributed by atoms with Crippen molar-refractivity contribution in [3.05, 3.63) is 102 Å². The fourth-order valence-corrected chi connectivity index (χ4v) is 2.71. The van der Waals surface area contributed by atoms with Gasteiger partial charge in [0.15, 0.2) is 0 Å². The SMILES string of the molecule is Cc1ccccc1NC(Cc1ccccc1)c1ccccc1. The van der Waals surface area contributed by atoms with Gasteiger partial charge in [-0.05, 0) is 36.1 Å². The Kier molecular flexibility index (Phi) is 4.55. The molecule has 1 atom stereocenters. The highest BCUT2D eigenvalue weighted by Crippen LogP contribution is 2.25. The van der Waals surface area contributed by atoms with E-state index in [4.69, 9.17) is 0 Å². The molecule has 0 aliphatic rings. The van der Waals surface area contributed by atoms with Crippen LogP contribution in [0.5, 0.6) is 0 Å². The summed E-state index contributed by atoms with van der Waals surface area (Å²) in [6, 6.07) is 30.0. The highest BCUT2D eigenvalue weighted by Gasteiger charge is 2.12. The maximum atomic E-state index is 3.71. The lowest BCUT2D eigenvalue weighted by atomic mass is 9.98. The van der Waals surface area contributed by atoms with Crippen LogP contribution < -0.4 is 5.32 Å². The Morgan fingerprint density at radius 3 is 2.00 bits per heavy atom. The predicted octanol–water partition coefficient (Wildman–Crippen LogP) is 5.39. The zero-order valence-electron chi connectivity index (χ0n) is 12.9. The summed E-state index contributed by atoms with van der Waals surface area (Å²) in [6.45, 7) is 2.15. The number of aryl methyl sites for hydroxylation is 1. The molecule has 110 valence electrons. The number of rotatable bonds is 5. The largest absolute Gasteiger partial charge is 0.378 e. The van der Waals surface area contributed by atoms with E-state index < -0.39 is 0 Å². The van der Waals surface area contributed by atoms with Gasteiger partial charge in [0.1, 0.15) is 0 Å². The third-order valence-corrected chi connectivity index (χ3v) is 3.96. The molecule has 0 saturated carbocycles. The smallest absolute Gasteiger partial charge is 0.0554 e. The van der Waals surface area contributed by atoms with Gasteiger partial charge in [0.05, 0.1) is 6.04 Å². The first-order valence-electron chi connectivity index (χ1n) is 7.74. The molecular formula is C21H21N. The van der Waals surface area contributed by atoms with E-state index in [1.165, 1.54) is 22.4 Å². The Morgan fingerprint density at radius 1 is 0.727 bits per heavy atom. The van der Waals surface area contributed by atoms with Crippen LogP contribution in [0.4, 0.5) is 5.69 Å². The van der Waals surface area contributed by atoms with Crippen molar-refractivity contribution in [2.75, 3.05) is 5.32 Å². The second-order valence-corrected chi connectivity index (χ2v) is 5.61. The van der Waals surface area contributed by atoms with E-state index in [2.05, 4.69) is 97.2 Å². The molecule has 22 heavy (non-hydrogen) atoms. The van der Waals surface area contributed by atoms with E-state index in [-0.39, 0.29) is 6.04 Å². The number of nitrogens with one attached hydrogen (secondary N) is 1. The molecule has 0 amide bonds. The lowest BCUT2D eigenvalue weighted by Gasteiger charge is -2.22. The molecule has 0 aromatic heterocycles. The highest BCUT2D eigenvalue weighted by molar-refractivity contribution is 5.52. The maximum Gasteiger partial charge on any atom is 0.0554 e. The molecule has 1 unspecified atom stereocenters. The molecule has 1 N–H and O–H groups in total. The van der Waals surface area contributed by atoms with Crippen molar-refractivity contribution in [1.29, 1.82) is 0 Å². The van der Waals surface area contributed by atoms with E-state index in [0.29, 0.717) is 0 Å². The number of para-hydroxylation sites is 1. The first-order valence-corrected chi connectivity index (χ1v) is 7.74. The van der Waals surface area contributed by atoms with Crippen LogP contribution >= 0.6 is 0 Å². The van der Waals surface area contributed by atoms with Gasteiger partial charge in [0, 0.05) is 5.69 Å². The average molecular weight is 287 g/mol. The Morgan fingerprint density at radius 2 is 1.32 bits per heavy atom. The predicted molar refractivity (Wildman–Crippen MR) is 94.1 cm³/mol. The molecule has 0 spiro atoms. The number of anilines is 1. The molecule has 0 heterocycles. The average Bonchev–Trinajstić information content (AvgIpc) is 2.58. The number of benzene rings is 3. The van der Waals surface area contributed by atoms with Crippen LogP contribution in [0.3, 0.4) is 0 Å². The summed E-state index contributed by atoms with van der Waals surface area (Å²) in [5.41, 5.74) is 5.14. The van der Waals surface area contributed by atoms with Crippen molar-refractivity contribution < 1.29 is 0 Å². The van der Waals surface area contributed by atoms with Crippen molar-refractivity contribution in [3.8, 4) is 0 Å². The highest BCUT2D eigenvalue weighted by atomic mass is 14.9. The van der Waals surface area contributed by atoms with Crippen LogP contribution in [-0.4, -0.2) is 0 Å². The van der Waals surface area contributed by atoms with Crippen molar-refractivity contribution in [2.24, 2.45) is 0 Å². The van der Waals surface area contributed by atoms with Crippen LogP contribution in [-0.2, 0) is 6.42 Å². The summed E-state index contributed by atoms with van der Waals surface area (Å²) in [7, 11) is 0. The van der Waals surface area contributed by atoms with Crippen molar-refractivity contribution in [1.82, 2.24) is 0 Å². The van der Waals surface area contributed by atoms with E-state index in [9.17, 15) is 0 Å². The maximum absolute atomic E-state index is 3.71. The van der Waals surface area contributed by atoms with Gasteiger partial charge in [0.25, 0.3) is 0 Å². The van der Waals surface area contributed by atoms with E-state index in [1.807, 2.05) is 0 Å². The minimum Gasteiger partial charge on any atom is -0.378 e. The molecule has 0 fully saturated rings. The van der Waals surface area contributed by atoms with Crippen LogP contribution in [0.25, 0.3) is 0 Å². The minimum absolute atomic E-state index is 0.268. The molecule has 0 aliphatic heterocycles. The van der Waals surface area contributed by atoms with E-state index >= 15 is 0 Å². The molecule has 0 aliphatic carbocycles. The lowest BCUT2D eigenvalue weighted by molar-refractivity contribution is 0.774. The van der Waals surface area contributed by atoms with Gasteiger partial charge in [-0.3, -0.25) is 0 Å². The summed E-state index contributed by atoms with van der Waals surface area (Å²) < 4.78 is 0. The monoisotopic (exact) mass is 287 g/mol. The Labute approximate surface area is 132 Å². The van der Waals surface area contributed by atoms with Crippen LogP contribution in [0.15, 0.2) is 84.9 Å². The molecule has 0 saturated heterocycles. The van der Waals surface area contributed by atoms with Gasteiger partial charge in [-0.2, -0.15) is 0 Å². The van der Waals surface area contributed by atoms with Crippen LogP contribution in [0.1, 0.15) is 22.7 Å². The Bertz CT molecular complexity index is 704. The van der Waals surface area contributed by atoms with Crippen LogP contribution in [0, 0.1) is 6.92 Å². The molecule has 3 aromatic carbocycles. The van der Waals surface area contributed by atoms with Crippen molar-refractivity contribution in [3.63, 3.8) is 0 Å². The summed E-state index contributed by atoms with van der Waals surface area (Å²) in [6.07, 6.45) is 0.971. The zero-order valence-corrected chi connectivity index (χ0v) is 12.9.